The minimum Gasteiger partial charge on any atom is -0.355 e. The van der Waals surface area contributed by atoms with Gasteiger partial charge in [-0.15, -0.1) is 0 Å². The Labute approximate surface area is 156 Å². The van der Waals surface area contributed by atoms with Crippen molar-refractivity contribution in [2.45, 2.75) is 9.79 Å². The van der Waals surface area contributed by atoms with E-state index in [-0.39, 0.29) is 5.78 Å². The molecule has 3 nitrogen and oxygen atoms in total. The quantitative estimate of drug-likeness (QED) is 0.362. The summed E-state index contributed by atoms with van der Waals surface area (Å²) >= 11 is 5.15. The maximum absolute atomic E-state index is 13.2. The fraction of sp³-hybridized carbons (Fsp3) is 0. The number of fused-ring (bicyclic) bond motifs is 2. The molecule has 1 aliphatic carbocycles. The Morgan fingerprint density at radius 3 is 2.48 bits per heavy atom. The molecule has 1 heterocycles. The van der Waals surface area contributed by atoms with Crippen LogP contribution in [0.1, 0.15) is 15.9 Å². The van der Waals surface area contributed by atoms with Crippen LogP contribution in [0.15, 0.2) is 79.5 Å². The Bertz CT molecular complexity index is 1150. The maximum atomic E-state index is 13.2. The first-order valence-electron chi connectivity index (χ1n) is 7.73. The molecule has 0 spiro atoms. The van der Waals surface area contributed by atoms with Crippen LogP contribution in [0.5, 0.6) is 0 Å². The monoisotopic (exact) mass is 407 g/mol. The maximum Gasteiger partial charge on any atom is 0.195 e. The topological polar surface area (TPSA) is 43.1 Å². The van der Waals surface area contributed by atoms with Gasteiger partial charge in [-0.1, -0.05) is 59.4 Å². The normalized spacial score (nSPS) is 12.4. The standard InChI is InChI=1S/C20H10BrNO2S/c21-14-10-15(25-11-6-2-1-3-7-11)16-17-18(14)22-24-20(17)13-9-5-4-8-12(13)19(16)23/h1-10H. The third-order valence-electron chi connectivity index (χ3n) is 4.29. The highest BCUT2D eigenvalue weighted by molar-refractivity contribution is 9.10. The van der Waals surface area contributed by atoms with E-state index in [0.717, 1.165) is 25.2 Å². The molecule has 5 heteroatoms. The van der Waals surface area contributed by atoms with Gasteiger partial charge in [-0.3, -0.25) is 4.79 Å². The van der Waals surface area contributed by atoms with E-state index in [0.29, 0.717) is 22.4 Å². The van der Waals surface area contributed by atoms with Crippen LogP contribution in [0.25, 0.3) is 22.2 Å². The highest BCUT2D eigenvalue weighted by Gasteiger charge is 2.32. The van der Waals surface area contributed by atoms with Gasteiger partial charge in [0.05, 0.1) is 5.39 Å². The van der Waals surface area contributed by atoms with Gasteiger partial charge >= 0.3 is 0 Å². The van der Waals surface area contributed by atoms with E-state index in [1.54, 1.807) is 11.8 Å². The highest BCUT2D eigenvalue weighted by atomic mass is 79.9. The van der Waals surface area contributed by atoms with Gasteiger partial charge in [0.15, 0.2) is 11.5 Å². The van der Waals surface area contributed by atoms with E-state index in [4.69, 9.17) is 4.52 Å². The zero-order chi connectivity index (χ0) is 17.0. The molecule has 120 valence electrons. The minimum atomic E-state index is 0.0160. The van der Waals surface area contributed by atoms with Gasteiger partial charge in [-0.2, -0.15) is 0 Å². The van der Waals surface area contributed by atoms with Crippen LogP contribution in [0.2, 0.25) is 0 Å². The molecule has 0 saturated carbocycles. The molecule has 0 amide bonds. The molecule has 0 saturated heterocycles. The van der Waals surface area contributed by atoms with Gasteiger partial charge in [0, 0.05) is 31.0 Å². The van der Waals surface area contributed by atoms with Crippen LogP contribution in [-0.4, -0.2) is 10.9 Å². The summed E-state index contributed by atoms with van der Waals surface area (Å²) in [4.78, 5) is 15.2. The summed E-state index contributed by atoms with van der Waals surface area (Å²) in [6.07, 6.45) is 0. The van der Waals surface area contributed by atoms with Crippen molar-refractivity contribution in [1.82, 2.24) is 5.16 Å². The number of aromatic nitrogens is 1. The zero-order valence-electron chi connectivity index (χ0n) is 12.8. The van der Waals surface area contributed by atoms with Gasteiger partial charge in [0.25, 0.3) is 0 Å². The van der Waals surface area contributed by atoms with Gasteiger partial charge in [-0.25, -0.2) is 0 Å². The summed E-state index contributed by atoms with van der Waals surface area (Å²) in [6.45, 7) is 0. The number of ketones is 1. The van der Waals surface area contributed by atoms with Crippen LogP contribution in [0, 0.1) is 0 Å². The van der Waals surface area contributed by atoms with Crippen LogP contribution in [-0.2, 0) is 0 Å². The number of hydrogen-bond acceptors (Lipinski definition) is 4. The number of benzene rings is 3. The van der Waals surface area contributed by atoms with Crippen LogP contribution < -0.4 is 0 Å². The van der Waals surface area contributed by atoms with E-state index in [1.807, 2.05) is 60.7 Å². The van der Waals surface area contributed by atoms with Crippen LogP contribution >= 0.6 is 27.7 Å². The van der Waals surface area contributed by atoms with E-state index >= 15 is 0 Å². The fourth-order valence-corrected chi connectivity index (χ4v) is 4.85. The first-order valence-corrected chi connectivity index (χ1v) is 9.34. The lowest BCUT2D eigenvalue weighted by molar-refractivity contribution is 0.103. The molecular formula is C20H10BrNO2S. The van der Waals surface area contributed by atoms with E-state index < -0.39 is 0 Å². The number of carbonyl (C=O) groups is 1. The summed E-state index contributed by atoms with van der Waals surface area (Å²) in [6, 6.07) is 19.5. The van der Waals surface area contributed by atoms with E-state index in [9.17, 15) is 4.79 Å². The van der Waals surface area contributed by atoms with Crippen molar-refractivity contribution in [3.63, 3.8) is 0 Å². The number of carbonyl (C=O) groups excluding carboxylic acids is 1. The van der Waals surface area contributed by atoms with Crippen LogP contribution in [0.4, 0.5) is 0 Å². The molecular weight excluding hydrogens is 398 g/mol. The molecule has 0 N–H and O–H groups in total. The Morgan fingerprint density at radius 2 is 1.68 bits per heavy atom. The highest BCUT2D eigenvalue weighted by Crippen LogP contribution is 2.46. The Balaban J connectivity index is 1.83. The zero-order valence-corrected chi connectivity index (χ0v) is 15.2. The molecule has 25 heavy (non-hydrogen) atoms. The number of halogens is 1. The molecule has 5 rings (SSSR count). The summed E-state index contributed by atoms with van der Waals surface area (Å²) in [5, 5.41) is 4.98. The minimum absolute atomic E-state index is 0.0160. The molecule has 0 radical (unpaired) electrons. The largest absolute Gasteiger partial charge is 0.355 e. The summed E-state index contributed by atoms with van der Waals surface area (Å²) in [7, 11) is 0. The number of nitrogens with zero attached hydrogens (tertiary/aromatic N) is 1. The van der Waals surface area contributed by atoms with Gasteiger partial charge in [-0.05, 0) is 34.1 Å². The number of hydrogen-bond donors (Lipinski definition) is 0. The van der Waals surface area contributed by atoms with Crippen molar-refractivity contribution in [3.05, 3.63) is 76.3 Å². The molecule has 3 aromatic carbocycles. The SMILES string of the molecule is O=C1c2ccccc2-c2onc3c(Br)cc(Sc4ccccc4)c1c23. The smallest absolute Gasteiger partial charge is 0.195 e. The van der Waals surface area contributed by atoms with Gasteiger partial charge < -0.3 is 4.52 Å². The molecule has 0 aliphatic heterocycles. The lowest BCUT2D eigenvalue weighted by Gasteiger charge is -2.17. The van der Waals surface area contributed by atoms with Gasteiger partial charge in [0.1, 0.15) is 5.52 Å². The first-order chi connectivity index (χ1) is 12.2. The Kier molecular flexibility index (Phi) is 3.33. The fourth-order valence-electron chi connectivity index (χ4n) is 3.18. The summed E-state index contributed by atoms with van der Waals surface area (Å²) < 4.78 is 6.44. The second kappa shape index (κ2) is 5.58. The predicted octanol–water partition coefficient (Wildman–Crippen LogP) is 5.95. The van der Waals surface area contributed by atoms with E-state index in [2.05, 4.69) is 21.1 Å². The van der Waals surface area contributed by atoms with Crippen molar-refractivity contribution in [1.29, 1.82) is 0 Å². The van der Waals surface area contributed by atoms with Crippen molar-refractivity contribution in [3.8, 4) is 11.3 Å². The van der Waals surface area contributed by atoms with Crippen molar-refractivity contribution < 1.29 is 9.32 Å². The average molecular weight is 408 g/mol. The molecule has 0 bridgehead atoms. The van der Waals surface area contributed by atoms with E-state index in [1.165, 1.54) is 0 Å². The first kappa shape index (κ1) is 14.9. The third-order valence-corrected chi connectivity index (χ3v) is 5.94. The molecule has 1 aliphatic rings. The predicted molar refractivity (Wildman–Crippen MR) is 101 cm³/mol. The van der Waals surface area contributed by atoms with Gasteiger partial charge in [0.2, 0.25) is 0 Å². The Morgan fingerprint density at radius 1 is 0.960 bits per heavy atom. The molecule has 0 fully saturated rings. The summed E-state index contributed by atoms with van der Waals surface area (Å²) in [5.74, 6) is 0.679. The summed E-state index contributed by atoms with van der Waals surface area (Å²) in [5.41, 5.74) is 2.81. The second-order valence-electron chi connectivity index (χ2n) is 5.76. The lowest BCUT2D eigenvalue weighted by atomic mass is 9.88. The second-order valence-corrected chi connectivity index (χ2v) is 7.73. The third kappa shape index (κ3) is 2.19. The van der Waals surface area contributed by atoms with Crippen LogP contribution in [0.3, 0.4) is 0 Å². The molecule has 0 unspecified atom stereocenters. The molecule has 4 aromatic rings. The lowest BCUT2D eigenvalue weighted by Crippen LogP contribution is -2.10. The Hall–Kier alpha value is -2.37. The average Bonchev–Trinajstić information content (AvgIpc) is 3.08. The van der Waals surface area contributed by atoms with Crippen molar-refractivity contribution in [2.24, 2.45) is 0 Å². The van der Waals surface area contributed by atoms with Crippen molar-refractivity contribution >= 4 is 44.4 Å². The van der Waals surface area contributed by atoms with Crippen molar-refractivity contribution in [2.75, 3.05) is 0 Å². The number of rotatable bonds is 2. The molecule has 1 aromatic heterocycles. The molecule has 0 atom stereocenters.